The largest absolute Gasteiger partial charge is 0.460 e. The summed E-state index contributed by atoms with van der Waals surface area (Å²) in [6, 6.07) is 12.0. The van der Waals surface area contributed by atoms with Crippen molar-refractivity contribution < 1.29 is 13.9 Å². The molecule has 2 aromatic rings. The fourth-order valence-electron chi connectivity index (χ4n) is 1.83. The van der Waals surface area contributed by atoms with Gasteiger partial charge in [-0.2, -0.15) is 0 Å². The highest BCUT2D eigenvalue weighted by atomic mass is 16.5. The Morgan fingerprint density at radius 1 is 1.17 bits per heavy atom. The van der Waals surface area contributed by atoms with E-state index in [0.717, 1.165) is 18.4 Å². The number of aryl methyl sites for hydroxylation is 2. The minimum Gasteiger partial charge on any atom is -0.460 e. The summed E-state index contributed by atoms with van der Waals surface area (Å²) in [5.74, 6) is -0.0571. The van der Waals surface area contributed by atoms with Gasteiger partial charge in [0.1, 0.15) is 0 Å². The van der Waals surface area contributed by atoms with Crippen LogP contribution in [0, 0.1) is 0 Å². The van der Waals surface area contributed by atoms with E-state index in [1.54, 1.807) is 6.92 Å². The maximum Gasteiger partial charge on any atom is 0.374 e. The number of furan rings is 1. The quantitative estimate of drug-likeness (QED) is 0.758. The van der Waals surface area contributed by atoms with E-state index in [0.29, 0.717) is 12.4 Å². The third kappa shape index (κ3) is 3.00. The summed E-state index contributed by atoms with van der Waals surface area (Å²) in [7, 11) is 0. The van der Waals surface area contributed by atoms with Crippen molar-refractivity contribution in [2.75, 3.05) is 6.61 Å². The van der Waals surface area contributed by atoms with Crippen LogP contribution in [0.5, 0.6) is 0 Å². The van der Waals surface area contributed by atoms with Crippen molar-refractivity contribution in [2.24, 2.45) is 0 Å². The molecule has 1 heterocycles. The van der Waals surface area contributed by atoms with Crippen molar-refractivity contribution in [2.45, 2.75) is 19.8 Å². The minimum absolute atomic E-state index is 0.327. The van der Waals surface area contributed by atoms with E-state index in [4.69, 9.17) is 9.15 Å². The predicted octanol–water partition coefficient (Wildman–Crippen LogP) is 3.24. The van der Waals surface area contributed by atoms with Gasteiger partial charge < -0.3 is 9.15 Å². The minimum atomic E-state index is -0.384. The van der Waals surface area contributed by atoms with Crippen LogP contribution in [0.1, 0.15) is 28.6 Å². The molecule has 94 valence electrons. The van der Waals surface area contributed by atoms with Crippen molar-refractivity contribution in [3.63, 3.8) is 0 Å². The molecule has 0 saturated heterocycles. The van der Waals surface area contributed by atoms with E-state index in [9.17, 15) is 4.79 Å². The van der Waals surface area contributed by atoms with E-state index >= 15 is 0 Å². The molecule has 0 aliphatic carbocycles. The van der Waals surface area contributed by atoms with Crippen LogP contribution < -0.4 is 0 Å². The molecule has 0 aliphatic rings. The summed E-state index contributed by atoms with van der Waals surface area (Å²) in [6.45, 7) is 2.14. The van der Waals surface area contributed by atoms with Crippen LogP contribution >= 0.6 is 0 Å². The molecule has 0 bridgehead atoms. The topological polar surface area (TPSA) is 39.4 Å². The molecule has 18 heavy (non-hydrogen) atoms. The Hall–Kier alpha value is -2.03. The number of hydrogen-bond acceptors (Lipinski definition) is 3. The number of rotatable bonds is 5. The van der Waals surface area contributed by atoms with Crippen molar-refractivity contribution in [3.05, 3.63) is 59.5 Å². The summed E-state index contributed by atoms with van der Waals surface area (Å²) in [4.78, 5) is 11.6. The van der Waals surface area contributed by atoms with Crippen LogP contribution in [0.2, 0.25) is 0 Å². The van der Waals surface area contributed by atoms with Crippen LogP contribution in [0.25, 0.3) is 0 Å². The van der Waals surface area contributed by atoms with Crippen LogP contribution in [0.4, 0.5) is 0 Å². The maximum atomic E-state index is 11.6. The summed E-state index contributed by atoms with van der Waals surface area (Å²) in [6.07, 6.45) is 3.19. The standard InChI is InChI=1S/C15H16O3/c1-2-17-15(16)14-13(10-11-18-14)9-8-12-6-4-3-5-7-12/h3-7,10-11H,2,8-9H2,1H3. The molecule has 0 atom stereocenters. The smallest absolute Gasteiger partial charge is 0.374 e. The molecule has 0 unspecified atom stereocenters. The highest BCUT2D eigenvalue weighted by Crippen LogP contribution is 2.15. The molecule has 0 radical (unpaired) electrons. The number of hydrogen-bond donors (Lipinski definition) is 0. The third-order valence-corrected chi connectivity index (χ3v) is 2.73. The van der Waals surface area contributed by atoms with E-state index in [2.05, 4.69) is 12.1 Å². The van der Waals surface area contributed by atoms with Gasteiger partial charge in [-0.05, 0) is 31.4 Å². The van der Waals surface area contributed by atoms with Crippen LogP contribution in [0.15, 0.2) is 47.1 Å². The van der Waals surface area contributed by atoms with Gasteiger partial charge in [0.05, 0.1) is 12.9 Å². The highest BCUT2D eigenvalue weighted by molar-refractivity contribution is 5.87. The zero-order valence-electron chi connectivity index (χ0n) is 10.4. The normalized spacial score (nSPS) is 10.3. The molecule has 3 heteroatoms. The molecule has 2 rings (SSSR count). The lowest BCUT2D eigenvalue weighted by molar-refractivity contribution is 0.0488. The molecule has 0 spiro atoms. The Balaban J connectivity index is 2.02. The number of carbonyl (C=O) groups excluding carboxylic acids is 1. The first-order valence-electron chi connectivity index (χ1n) is 6.08. The molecule has 1 aromatic carbocycles. The molecule has 0 amide bonds. The summed E-state index contributed by atoms with van der Waals surface area (Å²) < 4.78 is 10.1. The Labute approximate surface area is 106 Å². The second-order valence-corrected chi connectivity index (χ2v) is 3.98. The van der Waals surface area contributed by atoms with Crippen LogP contribution in [0.3, 0.4) is 0 Å². The lowest BCUT2D eigenvalue weighted by Gasteiger charge is -2.03. The second-order valence-electron chi connectivity index (χ2n) is 3.98. The summed E-state index contributed by atoms with van der Waals surface area (Å²) >= 11 is 0. The molecule has 3 nitrogen and oxygen atoms in total. The van der Waals surface area contributed by atoms with E-state index < -0.39 is 0 Å². The first-order valence-corrected chi connectivity index (χ1v) is 6.08. The number of carbonyl (C=O) groups is 1. The van der Waals surface area contributed by atoms with Crippen LogP contribution in [-0.2, 0) is 17.6 Å². The van der Waals surface area contributed by atoms with Crippen molar-refractivity contribution >= 4 is 5.97 Å². The highest BCUT2D eigenvalue weighted by Gasteiger charge is 2.15. The second kappa shape index (κ2) is 6.05. The number of esters is 1. The van der Waals surface area contributed by atoms with Gasteiger partial charge in [-0.25, -0.2) is 4.79 Å². The average Bonchev–Trinajstić information content (AvgIpc) is 2.86. The van der Waals surface area contributed by atoms with Crippen LogP contribution in [-0.4, -0.2) is 12.6 Å². The lowest BCUT2D eigenvalue weighted by atomic mass is 10.1. The third-order valence-electron chi connectivity index (χ3n) is 2.73. The fourth-order valence-corrected chi connectivity index (χ4v) is 1.83. The number of ether oxygens (including phenoxy) is 1. The van der Waals surface area contributed by atoms with Gasteiger partial charge >= 0.3 is 5.97 Å². The van der Waals surface area contributed by atoms with Gasteiger partial charge in [-0.15, -0.1) is 0 Å². The average molecular weight is 244 g/mol. The van der Waals surface area contributed by atoms with Gasteiger partial charge in [0.2, 0.25) is 5.76 Å². The zero-order valence-corrected chi connectivity index (χ0v) is 10.4. The van der Waals surface area contributed by atoms with Crippen molar-refractivity contribution in [1.82, 2.24) is 0 Å². The Morgan fingerprint density at radius 3 is 2.67 bits per heavy atom. The maximum absolute atomic E-state index is 11.6. The van der Waals surface area contributed by atoms with E-state index in [1.807, 2.05) is 24.3 Å². The molecule has 0 aliphatic heterocycles. The van der Waals surface area contributed by atoms with Crippen molar-refractivity contribution in [1.29, 1.82) is 0 Å². The molecule has 0 saturated carbocycles. The van der Waals surface area contributed by atoms with Gasteiger partial charge in [0.15, 0.2) is 0 Å². The fraction of sp³-hybridized carbons (Fsp3) is 0.267. The predicted molar refractivity (Wildman–Crippen MR) is 68.5 cm³/mol. The zero-order chi connectivity index (χ0) is 12.8. The first-order chi connectivity index (χ1) is 8.81. The van der Waals surface area contributed by atoms with Crippen molar-refractivity contribution in [3.8, 4) is 0 Å². The molecular weight excluding hydrogens is 228 g/mol. The molecule has 0 N–H and O–H groups in total. The number of benzene rings is 1. The van der Waals surface area contributed by atoms with Gasteiger partial charge in [0, 0.05) is 5.56 Å². The van der Waals surface area contributed by atoms with Gasteiger partial charge in [-0.1, -0.05) is 30.3 Å². The summed E-state index contributed by atoms with van der Waals surface area (Å²) in [5, 5.41) is 0. The Bertz CT molecular complexity index is 499. The molecule has 0 fully saturated rings. The molecule has 1 aromatic heterocycles. The van der Waals surface area contributed by atoms with E-state index in [-0.39, 0.29) is 5.97 Å². The Kier molecular flexibility index (Phi) is 4.18. The van der Waals surface area contributed by atoms with E-state index in [1.165, 1.54) is 11.8 Å². The monoisotopic (exact) mass is 244 g/mol. The molecular formula is C15H16O3. The SMILES string of the molecule is CCOC(=O)c1occc1CCc1ccccc1. The Morgan fingerprint density at radius 2 is 1.94 bits per heavy atom. The lowest BCUT2D eigenvalue weighted by Crippen LogP contribution is -2.06. The van der Waals surface area contributed by atoms with Gasteiger partial charge in [0.25, 0.3) is 0 Å². The summed E-state index contributed by atoms with van der Waals surface area (Å²) in [5.41, 5.74) is 2.14. The first kappa shape index (κ1) is 12.4. The van der Waals surface area contributed by atoms with Gasteiger partial charge in [-0.3, -0.25) is 0 Å².